The van der Waals surface area contributed by atoms with E-state index in [4.69, 9.17) is 0 Å². The second-order valence-corrected chi connectivity index (χ2v) is 8.89. The lowest BCUT2D eigenvalue weighted by Gasteiger charge is -2.33. The number of anilines is 1. The fourth-order valence-corrected chi connectivity index (χ4v) is 3.08. The largest absolute Gasteiger partial charge is 0.354 e. The van der Waals surface area contributed by atoms with Gasteiger partial charge in [0, 0.05) is 52.0 Å². The molecule has 0 aliphatic carbocycles. The van der Waals surface area contributed by atoms with E-state index < -0.39 is 0 Å². The lowest BCUT2D eigenvalue weighted by atomic mass is 9.89. The molecule has 152 valence electrons. The Morgan fingerprint density at radius 2 is 1.93 bits per heavy atom. The van der Waals surface area contributed by atoms with Crippen molar-refractivity contribution < 1.29 is 0 Å². The Hall–Kier alpha value is -1.82. The summed E-state index contributed by atoms with van der Waals surface area (Å²) < 4.78 is 0. The highest BCUT2D eigenvalue weighted by Gasteiger charge is 2.15. The van der Waals surface area contributed by atoms with Crippen LogP contribution in [0.5, 0.6) is 0 Å². The van der Waals surface area contributed by atoms with Crippen LogP contribution >= 0.6 is 0 Å². The molecule has 0 amide bonds. The summed E-state index contributed by atoms with van der Waals surface area (Å²) in [6.07, 6.45) is 4.29. The van der Waals surface area contributed by atoms with Crippen LogP contribution in [0.1, 0.15) is 46.1 Å². The van der Waals surface area contributed by atoms with E-state index in [0.29, 0.717) is 11.5 Å². The topological polar surface area (TPSA) is 55.8 Å². The van der Waals surface area contributed by atoms with Crippen LogP contribution in [0.3, 0.4) is 0 Å². The molecule has 6 nitrogen and oxygen atoms in total. The fourth-order valence-electron chi connectivity index (χ4n) is 3.08. The zero-order valence-electron chi connectivity index (χ0n) is 18.0. The molecular formula is C21H38N6. The molecule has 0 spiro atoms. The molecular weight excluding hydrogens is 336 g/mol. The van der Waals surface area contributed by atoms with Gasteiger partial charge in [-0.15, -0.1) is 0 Å². The highest BCUT2D eigenvalue weighted by Crippen LogP contribution is 2.21. The molecule has 1 saturated heterocycles. The fraction of sp³-hybridized carbons (Fsp3) is 0.714. The summed E-state index contributed by atoms with van der Waals surface area (Å²) in [6.45, 7) is 14.1. The van der Waals surface area contributed by atoms with E-state index in [1.807, 2.05) is 13.2 Å². The van der Waals surface area contributed by atoms with E-state index in [2.05, 4.69) is 77.3 Å². The number of pyridine rings is 1. The Morgan fingerprint density at radius 1 is 1.22 bits per heavy atom. The molecule has 1 aromatic rings. The van der Waals surface area contributed by atoms with Crippen molar-refractivity contribution in [1.29, 1.82) is 0 Å². The molecule has 1 aliphatic rings. The third-order valence-corrected chi connectivity index (χ3v) is 5.03. The second kappa shape index (κ2) is 9.93. The van der Waals surface area contributed by atoms with Crippen molar-refractivity contribution in [2.75, 3.05) is 45.2 Å². The van der Waals surface area contributed by atoms with Gasteiger partial charge in [-0.2, -0.15) is 0 Å². The van der Waals surface area contributed by atoms with E-state index in [0.717, 1.165) is 56.5 Å². The first-order chi connectivity index (χ1) is 12.8. The lowest BCUT2D eigenvalue weighted by molar-refractivity contribution is 0.312. The monoisotopic (exact) mass is 374 g/mol. The van der Waals surface area contributed by atoms with Crippen LogP contribution < -0.4 is 15.5 Å². The predicted octanol–water partition coefficient (Wildman–Crippen LogP) is 2.71. The maximum absolute atomic E-state index is 4.66. The standard InChI is InChI=1S/C21H38N6/c1-17(9-10-21(2,3)4)25-20(22-5)24-16-18-7-8-19(23-15-18)27-13-11-26(6)12-14-27/h7-8,15,17H,9-14,16H2,1-6H3,(H2,22,24,25). The van der Waals surface area contributed by atoms with E-state index in [-0.39, 0.29) is 0 Å². The van der Waals surface area contributed by atoms with Gasteiger partial charge in [0.2, 0.25) is 0 Å². The lowest BCUT2D eigenvalue weighted by Crippen LogP contribution is -2.44. The minimum Gasteiger partial charge on any atom is -0.354 e. The molecule has 2 heterocycles. The Labute approximate surface area is 165 Å². The summed E-state index contributed by atoms with van der Waals surface area (Å²) >= 11 is 0. The highest BCUT2D eigenvalue weighted by atomic mass is 15.3. The van der Waals surface area contributed by atoms with Crippen LogP contribution in [0.15, 0.2) is 23.3 Å². The SMILES string of the molecule is CN=C(NCc1ccc(N2CCN(C)CC2)nc1)NC(C)CCC(C)(C)C. The first kappa shape index (κ1) is 21.5. The van der Waals surface area contributed by atoms with Gasteiger partial charge in [0.15, 0.2) is 5.96 Å². The number of aliphatic imine (C=N–C) groups is 1. The van der Waals surface area contributed by atoms with Gasteiger partial charge in [0.05, 0.1) is 0 Å². The summed E-state index contributed by atoms with van der Waals surface area (Å²) in [5.74, 6) is 1.92. The van der Waals surface area contributed by atoms with Crippen LogP contribution in [0.25, 0.3) is 0 Å². The Bertz CT molecular complexity index is 582. The third kappa shape index (κ3) is 7.75. The van der Waals surface area contributed by atoms with E-state index in [9.17, 15) is 0 Å². The summed E-state index contributed by atoms with van der Waals surface area (Å²) in [7, 11) is 3.99. The quantitative estimate of drug-likeness (QED) is 0.592. The third-order valence-electron chi connectivity index (χ3n) is 5.03. The van der Waals surface area contributed by atoms with Crippen LogP contribution in [-0.4, -0.2) is 62.2 Å². The van der Waals surface area contributed by atoms with Crippen molar-refractivity contribution in [3.8, 4) is 0 Å². The predicted molar refractivity (Wildman–Crippen MR) is 115 cm³/mol. The number of piperazine rings is 1. The zero-order valence-corrected chi connectivity index (χ0v) is 18.0. The first-order valence-corrected chi connectivity index (χ1v) is 10.1. The number of nitrogens with one attached hydrogen (secondary N) is 2. The minimum absolute atomic E-state index is 0.365. The number of guanidine groups is 1. The van der Waals surface area contributed by atoms with Gasteiger partial charge < -0.3 is 20.4 Å². The van der Waals surface area contributed by atoms with Gasteiger partial charge >= 0.3 is 0 Å². The molecule has 1 aliphatic heterocycles. The maximum atomic E-state index is 4.66. The average molecular weight is 375 g/mol. The van der Waals surface area contributed by atoms with Gasteiger partial charge in [0.25, 0.3) is 0 Å². The summed E-state index contributed by atoms with van der Waals surface area (Å²) in [4.78, 5) is 13.7. The van der Waals surface area contributed by atoms with Crippen molar-refractivity contribution in [2.24, 2.45) is 10.4 Å². The van der Waals surface area contributed by atoms with Gasteiger partial charge in [-0.25, -0.2) is 4.98 Å². The van der Waals surface area contributed by atoms with E-state index >= 15 is 0 Å². The van der Waals surface area contributed by atoms with Crippen molar-refractivity contribution >= 4 is 11.8 Å². The molecule has 6 heteroatoms. The van der Waals surface area contributed by atoms with Gasteiger partial charge in [0.1, 0.15) is 5.82 Å². The Balaban J connectivity index is 1.79. The molecule has 0 bridgehead atoms. The van der Waals surface area contributed by atoms with Crippen molar-refractivity contribution in [3.05, 3.63) is 23.9 Å². The van der Waals surface area contributed by atoms with E-state index in [1.165, 1.54) is 6.42 Å². The first-order valence-electron chi connectivity index (χ1n) is 10.1. The molecule has 0 aromatic carbocycles. The Morgan fingerprint density at radius 3 is 2.48 bits per heavy atom. The number of nitrogens with zero attached hydrogens (tertiary/aromatic N) is 4. The minimum atomic E-state index is 0.365. The number of likely N-dealkylation sites (N-methyl/N-ethyl adjacent to an activating group) is 1. The van der Waals surface area contributed by atoms with Crippen LogP contribution in [-0.2, 0) is 6.54 Å². The molecule has 1 fully saturated rings. The zero-order chi connectivity index (χ0) is 19.9. The Kier molecular flexibility index (Phi) is 7.90. The van der Waals surface area contributed by atoms with Crippen LogP contribution in [0.2, 0.25) is 0 Å². The van der Waals surface area contributed by atoms with Crippen molar-refractivity contribution in [3.63, 3.8) is 0 Å². The van der Waals surface area contributed by atoms with Crippen molar-refractivity contribution in [1.82, 2.24) is 20.5 Å². The number of rotatable bonds is 6. The summed E-state index contributed by atoms with van der Waals surface area (Å²) in [5, 5.41) is 6.88. The smallest absolute Gasteiger partial charge is 0.191 e. The number of hydrogen-bond donors (Lipinski definition) is 2. The highest BCUT2D eigenvalue weighted by molar-refractivity contribution is 5.79. The molecule has 1 aromatic heterocycles. The van der Waals surface area contributed by atoms with E-state index in [1.54, 1.807) is 0 Å². The number of aromatic nitrogens is 1. The molecule has 0 saturated carbocycles. The average Bonchev–Trinajstić information content (AvgIpc) is 2.64. The van der Waals surface area contributed by atoms with Crippen molar-refractivity contribution in [2.45, 2.75) is 53.1 Å². The second-order valence-electron chi connectivity index (χ2n) is 8.89. The molecule has 0 radical (unpaired) electrons. The van der Waals surface area contributed by atoms with Crippen LogP contribution in [0.4, 0.5) is 5.82 Å². The normalized spacial score (nSPS) is 17.7. The summed E-state index contributed by atoms with van der Waals surface area (Å²) in [6, 6.07) is 4.68. The van der Waals surface area contributed by atoms with Gasteiger partial charge in [-0.3, -0.25) is 4.99 Å². The van der Waals surface area contributed by atoms with Gasteiger partial charge in [-0.1, -0.05) is 26.8 Å². The molecule has 2 N–H and O–H groups in total. The molecule has 1 unspecified atom stereocenters. The molecule has 27 heavy (non-hydrogen) atoms. The summed E-state index contributed by atoms with van der Waals surface area (Å²) in [5.41, 5.74) is 1.53. The maximum Gasteiger partial charge on any atom is 0.191 e. The number of hydrogen-bond acceptors (Lipinski definition) is 4. The van der Waals surface area contributed by atoms with Gasteiger partial charge in [-0.05, 0) is 43.9 Å². The molecule has 2 rings (SSSR count). The van der Waals surface area contributed by atoms with Crippen LogP contribution in [0, 0.1) is 5.41 Å². The molecule has 1 atom stereocenters.